The molecule has 0 fully saturated rings. The van der Waals surface area contributed by atoms with E-state index in [1.807, 2.05) is 0 Å². The van der Waals surface area contributed by atoms with E-state index in [0.29, 0.717) is 11.3 Å². The van der Waals surface area contributed by atoms with E-state index in [9.17, 15) is 4.79 Å². The maximum atomic E-state index is 9.86. The van der Waals surface area contributed by atoms with E-state index in [0.717, 1.165) is 0 Å². The highest BCUT2D eigenvalue weighted by Gasteiger charge is 1.98. The molecule has 3 heteroatoms. The second-order valence-electron chi connectivity index (χ2n) is 1.42. The van der Waals surface area contributed by atoms with Gasteiger partial charge in [-0.05, 0) is 6.92 Å². The van der Waals surface area contributed by atoms with Crippen molar-refractivity contribution in [3.8, 4) is 0 Å². The molecule has 1 rings (SSSR count). The largest absolute Gasteiger partial charge is 0.364 e. The molecule has 0 amide bonds. The molecule has 1 aromatic rings. The summed E-state index contributed by atoms with van der Waals surface area (Å²) in [4.78, 5) is 9.86. The van der Waals surface area contributed by atoms with Gasteiger partial charge in [0.15, 0.2) is 0 Å². The van der Waals surface area contributed by atoms with Crippen molar-refractivity contribution in [2.45, 2.75) is 6.92 Å². The molecule has 41 valence electrons. The molecule has 1 aromatic heterocycles. The Morgan fingerprint density at radius 2 is 2.62 bits per heavy atom. The Morgan fingerprint density at radius 3 is 2.88 bits per heavy atom. The molecular formula is C5H4NO2. The fourth-order valence-corrected chi connectivity index (χ4v) is 0.390. The molecule has 0 unspecified atom stereocenters. The third-order valence-corrected chi connectivity index (χ3v) is 0.860. The van der Waals surface area contributed by atoms with Crippen molar-refractivity contribution in [2.75, 3.05) is 0 Å². The Kier molecular flexibility index (Phi) is 1.12. The first-order valence-electron chi connectivity index (χ1n) is 2.13. The summed E-state index contributed by atoms with van der Waals surface area (Å²) in [5, 5.41) is 3.45. The van der Waals surface area contributed by atoms with Gasteiger partial charge in [0.05, 0.1) is 11.3 Å². The van der Waals surface area contributed by atoms with Crippen molar-refractivity contribution in [3.05, 3.63) is 17.5 Å². The van der Waals surface area contributed by atoms with Gasteiger partial charge < -0.3 is 4.52 Å². The lowest BCUT2D eigenvalue weighted by molar-refractivity contribution is 0.414. The third-order valence-electron chi connectivity index (χ3n) is 0.860. The summed E-state index contributed by atoms with van der Waals surface area (Å²) in [6.07, 6.45) is 2.94. The summed E-state index contributed by atoms with van der Waals surface area (Å²) in [5.41, 5.74) is 0.977. The highest BCUT2D eigenvalue weighted by molar-refractivity contribution is 5.75. The molecule has 3 nitrogen and oxygen atoms in total. The maximum absolute atomic E-state index is 9.86. The van der Waals surface area contributed by atoms with Crippen LogP contribution in [0, 0.1) is 6.92 Å². The van der Waals surface area contributed by atoms with E-state index < -0.39 is 0 Å². The number of rotatable bonds is 1. The van der Waals surface area contributed by atoms with E-state index in [1.165, 1.54) is 6.26 Å². The SMILES string of the molecule is Cc1nocc1[C]=O. The third kappa shape index (κ3) is 0.621. The fraction of sp³-hybridized carbons (Fsp3) is 0.200. The molecule has 1 heterocycles. The van der Waals surface area contributed by atoms with Crippen molar-refractivity contribution < 1.29 is 9.32 Å². The van der Waals surface area contributed by atoms with Crippen molar-refractivity contribution in [1.82, 2.24) is 5.16 Å². The Morgan fingerprint density at radius 1 is 1.88 bits per heavy atom. The number of hydrogen-bond acceptors (Lipinski definition) is 3. The molecule has 0 saturated carbocycles. The summed E-state index contributed by atoms with van der Waals surface area (Å²) in [5.74, 6) is 0. The van der Waals surface area contributed by atoms with Gasteiger partial charge >= 0.3 is 0 Å². The standard InChI is InChI=1S/C5H4NO2/c1-4-5(2-7)3-8-6-4/h3H,1H3. The monoisotopic (exact) mass is 110 g/mol. The zero-order chi connectivity index (χ0) is 5.98. The molecule has 0 aliphatic carbocycles. The quantitative estimate of drug-likeness (QED) is 0.526. The van der Waals surface area contributed by atoms with Crippen LogP contribution in [0.5, 0.6) is 0 Å². The number of aromatic nitrogens is 1. The highest BCUT2D eigenvalue weighted by atomic mass is 16.5. The molecule has 8 heavy (non-hydrogen) atoms. The minimum absolute atomic E-state index is 0.394. The minimum atomic E-state index is 0.394. The molecule has 0 aliphatic rings. The van der Waals surface area contributed by atoms with Crippen LogP contribution in [0.25, 0.3) is 0 Å². The number of hydrogen-bond donors (Lipinski definition) is 0. The lowest BCUT2D eigenvalue weighted by atomic mass is 10.3. The first-order chi connectivity index (χ1) is 3.84. The molecule has 0 aromatic carbocycles. The van der Waals surface area contributed by atoms with Crippen LogP contribution in [0.3, 0.4) is 0 Å². The van der Waals surface area contributed by atoms with Gasteiger partial charge in [-0.3, -0.25) is 4.79 Å². The van der Waals surface area contributed by atoms with Gasteiger partial charge in [0.25, 0.3) is 0 Å². The normalized spacial score (nSPS) is 9.12. The number of carbonyl (C=O) groups excluding carboxylic acids is 1. The molecule has 0 N–H and O–H groups in total. The summed E-state index contributed by atoms with van der Waals surface area (Å²) in [7, 11) is 0. The van der Waals surface area contributed by atoms with Gasteiger partial charge in [-0.25, -0.2) is 0 Å². The number of nitrogens with zero attached hydrogens (tertiary/aromatic N) is 1. The van der Waals surface area contributed by atoms with Gasteiger partial charge in [-0.15, -0.1) is 0 Å². The highest BCUT2D eigenvalue weighted by Crippen LogP contribution is 1.98. The molecule has 0 bridgehead atoms. The van der Waals surface area contributed by atoms with Crippen LogP contribution in [0.2, 0.25) is 0 Å². The van der Waals surface area contributed by atoms with Gasteiger partial charge in [0.1, 0.15) is 6.26 Å². The van der Waals surface area contributed by atoms with Crippen molar-refractivity contribution in [1.29, 1.82) is 0 Å². The van der Waals surface area contributed by atoms with Gasteiger partial charge in [-0.1, -0.05) is 5.16 Å². The first-order valence-corrected chi connectivity index (χ1v) is 2.13. The molecule has 0 spiro atoms. The van der Waals surface area contributed by atoms with E-state index >= 15 is 0 Å². The minimum Gasteiger partial charge on any atom is -0.364 e. The van der Waals surface area contributed by atoms with Crippen LogP contribution in [-0.2, 0) is 4.79 Å². The first kappa shape index (κ1) is 5.03. The van der Waals surface area contributed by atoms with E-state index in [1.54, 1.807) is 13.2 Å². The summed E-state index contributed by atoms with van der Waals surface area (Å²) >= 11 is 0. The molecule has 0 saturated heterocycles. The summed E-state index contributed by atoms with van der Waals surface area (Å²) in [6.45, 7) is 1.68. The van der Waals surface area contributed by atoms with Crippen LogP contribution in [-0.4, -0.2) is 11.4 Å². The van der Waals surface area contributed by atoms with Crippen molar-refractivity contribution in [3.63, 3.8) is 0 Å². The Balaban J connectivity index is 3.09. The molecule has 0 atom stereocenters. The molecule has 0 aliphatic heterocycles. The summed E-state index contributed by atoms with van der Waals surface area (Å²) < 4.78 is 4.42. The topological polar surface area (TPSA) is 43.1 Å². The second kappa shape index (κ2) is 1.78. The van der Waals surface area contributed by atoms with Crippen LogP contribution in [0.15, 0.2) is 10.8 Å². The van der Waals surface area contributed by atoms with E-state index in [2.05, 4.69) is 9.68 Å². The zero-order valence-corrected chi connectivity index (χ0v) is 4.34. The maximum Gasteiger partial charge on any atom is 0.238 e. The fourth-order valence-electron chi connectivity index (χ4n) is 0.390. The van der Waals surface area contributed by atoms with Gasteiger partial charge in [0.2, 0.25) is 6.29 Å². The Hall–Kier alpha value is -1.12. The van der Waals surface area contributed by atoms with Crippen molar-refractivity contribution in [2.24, 2.45) is 0 Å². The van der Waals surface area contributed by atoms with E-state index in [4.69, 9.17) is 0 Å². The average molecular weight is 110 g/mol. The summed E-state index contributed by atoms with van der Waals surface area (Å²) in [6, 6.07) is 0. The Labute approximate surface area is 46.3 Å². The van der Waals surface area contributed by atoms with Crippen molar-refractivity contribution >= 4 is 6.29 Å². The molecular weight excluding hydrogens is 106 g/mol. The van der Waals surface area contributed by atoms with Crippen LogP contribution < -0.4 is 0 Å². The average Bonchev–Trinajstić information content (AvgIpc) is 2.14. The van der Waals surface area contributed by atoms with Gasteiger partial charge in [-0.2, -0.15) is 0 Å². The smallest absolute Gasteiger partial charge is 0.238 e. The molecule has 1 radical (unpaired) electrons. The Bertz CT molecular complexity index is 192. The van der Waals surface area contributed by atoms with Crippen LogP contribution in [0.1, 0.15) is 11.3 Å². The lowest BCUT2D eigenvalue weighted by Crippen LogP contribution is -1.78. The lowest BCUT2D eigenvalue weighted by Gasteiger charge is -1.72. The van der Waals surface area contributed by atoms with E-state index in [-0.39, 0.29) is 0 Å². The predicted molar refractivity (Wildman–Crippen MR) is 26.0 cm³/mol. The second-order valence-corrected chi connectivity index (χ2v) is 1.42. The van der Waals surface area contributed by atoms with Crippen LogP contribution >= 0.6 is 0 Å². The zero-order valence-electron chi connectivity index (χ0n) is 4.34. The van der Waals surface area contributed by atoms with Crippen LogP contribution in [0.4, 0.5) is 0 Å². The predicted octanol–water partition coefficient (Wildman–Crippen LogP) is 0.441. The van der Waals surface area contributed by atoms with Gasteiger partial charge in [0, 0.05) is 0 Å². The number of aryl methyl sites for hydroxylation is 1.